The molecule has 4 aromatic rings. The predicted molar refractivity (Wildman–Crippen MR) is 154 cm³/mol. The van der Waals surface area contributed by atoms with Gasteiger partial charge in [-0.2, -0.15) is 0 Å². The van der Waals surface area contributed by atoms with Crippen LogP contribution in [0.15, 0.2) is 48.5 Å². The van der Waals surface area contributed by atoms with Gasteiger partial charge in [-0.15, -0.1) is 0 Å². The van der Waals surface area contributed by atoms with Gasteiger partial charge in [0.15, 0.2) is 0 Å². The van der Waals surface area contributed by atoms with Crippen LogP contribution < -0.4 is 10.6 Å². The van der Waals surface area contributed by atoms with Crippen molar-refractivity contribution >= 4 is 21.8 Å². The molecule has 4 N–H and O–H groups in total. The molecule has 1 aliphatic carbocycles. The lowest BCUT2D eigenvalue weighted by Crippen LogP contribution is -2.46. The van der Waals surface area contributed by atoms with Gasteiger partial charge >= 0.3 is 0 Å². The number of hydrogen-bond donors (Lipinski definition) is 4. The molecule has 0 radical (unpaired) electrons. The first-order valence-electron chi connectivity index (χ1n) is 14.0. The molecule has 0 spiro atoms. The molecule has 5 nitrogen and oxygen atoms in total. The lowest BCUT2D eigenvalue weighted by molar-refractivity contribution is -0.0641. The zero-order valence-corrected chi connectivity index (χ0v) is 23.0. The van der Waals surface area contributed by atoms with Crippen molar-refractivity contribution in [1.82, 2.24) is 20.2 Å². The van der Waals surface area contributed by atoms with Gasteiger partial charge in [-0.3, -0.25) is 0 Å². The zero-order valence-electron chi connectivity index (χ0n) is 23.0. The van der Waals surface area contributed by atoms with Gasteiger partial charge in [-0.25, -0.2) is 0 Å². The molecule has 5 heteroatoms. The maximum absolute atomic E-state index is 11.5. The minimum Gasteiger partial charge on any atom is -0.390 e. The highest BCUT2D eigenvalue weighted by Crippen LogP contribution is 2.63. The van der Waals surface area contributed by atoms with Gasteiger partial charge in [0, 0.05) is 39.1 Å². The molecule has 1 saturated carbocycles. The summed E-state index contributed by atoms with van der Waals surface area (Å²) in [6, 6.07) is 18.0. The summed E-state index contributed by atoms with van der Waals surface area (Å²) in [5.41, 5.74) is 7.58. The molecular formula is C32H42N4O. The number of rotatable bonds is 7. The van der Waals surface area contributed by atoms with Crippen LogP contribution in [0.2, 0.25) is 0 Å². The van der Waals surface area contributed by atoms with Crippen LogP contribution in [0.4, 0.5) is 0 Å². The van der Waals surface area contributed by atoms with Gasteiger partial charge in [0.1, 0.15) is 0 Å². The topological polar surface area (TPSA) is 65.0 Å². The fraction of sp³-hybridized carbons (Fsp3) is 0.500. The molecule has 1 fully saturated rings. The van der Waals surface area contributed by atoms with Crippen LogP contribution in [0, 0.1) is 11.3 Å². The van der Waals surface area contributed by atoms with Gasteiger partial charge in [0.25, 0.3) is 0 Å². The van der Waals surface area contributed by atoms with Crippen LogP contribution in [-0.4, -0.2) is 47.4 Å². The zero-order chi connectivity index (χ0) is 25.9. The second kappa shape index (κ2) is 9.00. The van der Waals surface area contributed by atoms with Crippen LogP contribution in [0.1, 0.15) is 68.1 Å². The number of H-pyrrole nitrogens is 1. The van der Waals surface area contributed by atoms with Crippen molar-refractivity contribution in [3.63, 3.8) is 0 Å². The highest BCUT2D eigenvalue weighted by Gasteiger charge is 2.57. The minimum atomic E-state index is -0.670. The minimum absolute atomic E-state index is 0.0188. The van der Waals surface area contributed by atoms with Crippen molar-refractivity contribution in [3.05, 3.63) is 71.0 Å². The molecule has 6 rings (SSSR count). The average Bonchev–Trinajstić information content (AvgIpc) is 3.48. The molecule has 37 heavy (non-hydrogen) atoms. The fourth-order valence-corrected chi connectivity index (χ4v) is 8.26. The Labute approximate surface area is 220 Å². The van der Waals surface area contributed by atoms with Gasteiger partial charge in [0.05, 0.1) is 11.6 Å². The summed E-state index contributed by atoms with van der Waals surface area (Å²) in [4.78, 5) is 3.94. The number of hydrogen-bond acceptors (Lipinski definition) is 3. The van der Waals surface area contributed by atoms with E-state index in [0.717, 1.165) is 38.8 Å². The fourth-order valence-electron chi connectivity index (χ4n) is 8.26. The molecule has 0 bridgehead atoms. The van der Waals surface area contributed by atoms with Crippen LogP contribution in [0.25, 0.3) is 21.8 Å². The molecule has 1 aliphatic heterocycles. The van der Waals surface area contributed by atoms with E-state index in [-0.39, 0.29) is 11.5 Å². The van der Waals surface area contributed by atoms with Crippen molar-refractivity contribution in [1.29, 1.82) is 0 Å². The summed E-state index contributed by atoms with van der Waals surface area (Å²) in [5.74, 6) is 0.716. The number of nitrogens with zero attached hydrogens (tertiary/aromatic N) is 1. The van der Waals surface area contributed by atoms with Gasteiger partial charge in [-0.05, 0) is 94.4 Å². The molecule has 4 atom stereocenters. The summed E-state index contributed by atoms with van der Waals surface area (Å²) in [6.45, 7) is 8.73. The number of benzene rings is 2. The van der Waals surface area contributed by atoms with E-state index in [9.17, 15) is 5.11 Å². The maximum Gasteiger partial charge on any atom is 0.0780 e. The van der Waals surface area contributed by atoms with E-state index in [1.807, 2.05) is 14.1 Å². The molecular weight excluding hydrogens is 456 g/mol. The molecule has 0 saturated heterocycles. The standard InChI is InChI=1S/C32H42N4O/c1-31(2)19-32(3,37)18-24-27(31)30(28-22(14-16-33-4)20-10-6-8-12-25(20)35-28)36-26-13-9-7-11-21(26)23(29(24)36)15-17-34-5/h6-13,24,27,30,33-35,37H,14-19H2,1-5H3/t24-,27+,30+,32-/m0/s1. The second-order valence-electron chi connectivity index (χ2n) is 12.5. The van der Waals surface area contributed by atoms with E-state index < -0.39 is 5.60 Å². The van der Waals surface area contributed by atoms with Crippen LogP contribution >= 0.6 is 0 Å². The number of aromatic amines is 1. The first kappa shape index (κ1) is 24.7. The molecule has 2 aromatic carbocycles. The summed E-state index contributed by atoms with van der Waals surface area (Å²) >= 11 is 0. The Hall–Kier alpha value is -2.60. The van der Waals surface area contributed by atoms with E-state index in [0.29, 0.717) is 11.8 Å². The first-order valence-corrected chi connectivity index (χ1v) is 14.0. The smallest absolute Gasteiger partial charge is 0.0780 e. The summed E-state index contributed by atoms with van der Waals surface area (Å²) in [6.07, 6.45) is 3.62. The monoisotopic (exact) mass is 498 g/mol. The van der Waals surface area contributed by atoms with Crippen molar-refractivity contribution in [3.8, 4) is 0 Å². The van der Waals surface area contributed by atoms with Crippen molar-refractivity contribution in [2.45, 2.75) is 64.0 Å². The van der Waals surface area contributed by atoms with E-state index in [1.165, 1.54) is 44.3 Å². The third-order valence-electron chi connectivity index (χ3n) is 9.25. The number of para-hydroxylation sites is 2. The Morgan fingerprint density at radius 2 is 1.57 bits per heavy atom. The Morgan fingerprint density at radius 1 is 0.919 bits per heavy atom. The molecule has 2 aliphatic rings. The predicted octanol–water partition coefficient (Wildman–Crippen LogP) is 5.52. The third-order valence-corrected chi connectivity index (χ3v) is 9.25. The Bertz CT molecular complexity index is 1440. The molecule has 196 valence electrons. The van der Waals surface area contributed by atoms with E-state index in [2.05, 4.69) is 89.5 Å². The lowest BCUT2D eigenvalue weighted by Gasteiger charge is -2.49. The Kier molecular flexibility index (Phi) is 6.02. The lowest BCUT2D eigenvalue weighted by atomic mass is 9.57. The van der Waals surface area contributed by atoms with Crippen LogP contribution in [-0.2, 0) is 12.8 Å². The summed E-state index contributed by atoms with van der Waals surface area (Å²) < 4.78 is 2.69. The normalized spacial score (nSPS) is 26.6. The van der Waals surface area contributed by atoms with Gasteiger partial charge < -0.3 is 25.3 Å². The van der Waals surface area contributed by atoms with Crippen LogP contribution in [0.3, 0.4) is 0 Å². The quantitative estimate of drug-likeness (QED) is 0.271. The summed E-state index contributed by atoms with van der Waals surface area (Å²) in [7, 11) is 4.08. The Balaban J connectivity index is 1.66. The molecule has 3 heterocycles. The molecule has 2 aromatic heterocycles. The van der Waals surface area contributed by atoms with Crippen molar-refractivity contribution in [2.75, 3.05) is 27.2 Å². The van der Waals surface area contributed by atoms with E-state index >= 15 is 0 Å². The van der Waals surface area contributed by atoms with Crippen molar-refractivity contribution in [2.24, 2.45) is 11.3 Å². The van der Waals surface area contributed by atoms with Gasteiger partial charge in [-0.1, -0.05) is 50.2 Å². The SMILES string of the molecule is CNCCc1c([C@H]2[C@H]3[C@H](C[C@](C)(O)CC3(C)C)c3c(CCNC)c4ccccc4n32)[nH]c2ccccc12. The van der Waals surface area contributed by atoms with Crippen molar-refractivity contribution < 1.29 is 5.11 Å². The molecule has 0 unspecified atom stereocenters. The number of fused-ring (bicyclic) bond motifs is 6. The van der Waals surface area contributed by atoms with E-state index in [4.69, 9.17) is 0 Å². The first-order chi connectivity index (χ1) is 17.8. The van der Waals surface area contributed by atoms with Gasteiger partial charge in [0.2, 0.25) is 0 Å². The van der Waals surface area contributed by atoms with E-state index in [1.54, 1.807) is 0 Å². The largest absolute Gasteiger partial charge is 0.390 e. The Morgan fingerprint density at radius 3 is 2.30 bits per heavy atom. The highest BCUT2D eigenvalue weighted by atomic mass is 16.3. The number of aromatic nitrogens is 2. The number of aliphatic hydroxyl groups is 1. The highest BCUT2D eigenvalue weighted by molar-refractivity contribution is 5.88. The summed E-state index contributed by atoms with van der Waals surface area (Å²) in [5, 5.41) is 21.0. The third kappa shape index (κ3) is 3.86. The maximum atomic E-state index is 11.5. The molecule has 0 amide bonds. The second-order valence-corrected chi connectivity index (χ2v) is 12.5. The average molecular weight is 499 g/mol. The van der Waals surface area contributed by atoms with Crippen LogP contribution in [0.5, 0.6) is 0 Å². The number of likely N-dealkylation sites (N-methyl/N-ethyl adjacent to an activating group) is 2. The number of nitrogens with one attached hydrogen (secondary N) is 3.